The van der Waals surface area contributed by atoms with Crippen LogP contribution < -0.4 is 0 Å². The van der Waals surface area contributed by atoms with E-state index in [2.05, 4.69) is 0 Å². The van der Waals surface area contributed by atoms with Gasteiger partial charge in [-0.25, -0.2) is 0 Å². The Bertz CT molecular complexity index is 1860. The normalized spacial score (nSPS) is 17.6. The van der Waals surface area contributed by atoms with Crippen LogP contribution in [0.1, 0.15) is 110 Å². The van der Waals surface area contributed by atoms with Crippen molar-refractivity contribution < 1.29 is 45.3 Å². The van der Waals surface area contributed by atoms with Crippen molar-refractivity contribution in [3.63, 3.8) is 0 Å². The maximum atomic E-state index is 13.8. The smallest absolute Gasteiger partial charge is 0.201 e. The van der Waals surface area contributed by atoms with Gasteiger partial charge in [-0.1, -0.05) is 32.4 Å². The molecule has 4 aromatic rings. The molecule has 0 aromatic heterocycles. The lowest BCUT2D eigenvalue weighted by Gasteiger charge is -2.39. The SMILES string of the molecule is CCCc1cc(O)c2c(c1)[C@H]([C@@H]1c3cc(O)cc(O)c3C(=O)c3c(O)cc(C(O)CC)cc31)c1cc(O)cc(O)c1C2=O. The third-order valence-electron chi connectivity index (χ3n) is 8.54. The molecule has 2 aliphatic rings. The van der Waals surface area contributed by atoms with E-state index < -0.39 is 46.8 Å². The number of fused-ring (bicyclic) bond motifs is 4. The van der Waals surface area contributed by atoms with Crippen LogP contribution in [0.3, 0.4) is 0 Å². The highest BCUT2D eigenvalue weighted by Gasteiger charge is 2.46. The summed E-state index contributed by atoms with van der Waals surface area (Å²) in [7, 11) is 0. The number of aromatic hydroxyl groups is 6. The van der Waals surface area contributed by atoms with Crippen molar-refractivity contribution in [2.75, 3.05) is 0 Å². The first-order valence-corrected chi connectivity index (χ1v) is 14.1. The van der Waals surface area contributed by atoms with Gasteiger partial charge in [-0.15, -0.1) is 0 Å². The number of aliphatic hydroxyl groups excluding tert-OH is 1. The van der Waals surface area contributed by atoms with Crippen LogP contribution in [-0.2, 0) is 6.42 Å². The molecule has 9 heteroatoms. The molecule has 4 aromatic carbocycles. The van der Waals surface area contributed by atoms with E-state index in [9.17, 15) is 45.3 Å². The molecule has 0 aliphatic heterocycles. The van der Waals surface area contributed by atoms with E-state index >= 15 is 0 Å². The monoisotopic (exact) mass is 582 g/mol. The van der Waals surface area contributed by atoms with Gasteiger partial charge < -0.3 is 35.7 Å². The predicted molar refractivity (Wildman–Crippen MR) is 156 cm³/mol. The zero-order chi connectivity index (χ0) is 30.9. The maximum absolute atomic E-state index is 13.8. The molecule has 1 unspecified atom stereocenters. The molecule has 3 atom stereocenters. The molecule has 2 aliphatic carbocycles. The van der Waals surface area contributed by atoms with Gasteiger partial charge in [0.1, 0.15) is 34.5 Å². The molecular weight excluding hydrogens is 552 g/mol. The van der Waals surface area contributed by atoms with Gasteiger partial charge in [0.25, 0.3) is 0 Å². The first-order chi connectivity index (χ1) is 20.5. The van der Waals surface area contributed by atoms with Crippen LogP contribution in [0, 0.1) is 0 Å². The molecule has 0 amide bonds. The first-order valence-electron chi connectivity index (χ1n) is 14.1. The zero-order valence-corrected chi connectivity index (χ0v) is 23.4. The molecule has 0 spiro atoms. The van der Waals surface area contributed by atoms with Crippen LogP contribution in [0.5, 0.6) is 34.5 Å². The lowest BCUT2D eigenvalue weighted by molar-refractivity contribution is 0.101. The van der Waals surface area contributed by atoms with E-state index in [1.807, 2.05) is 6.92 Å². The fourth-order valence-corrected chi connectivity index (χ4v) is 6.78. The molecule has 7 N–H and O–H groups in total. The molecule has 6 rings (SSSR count). The van der Waals surface area contributed by atoms with Crippen molar-refractivity contribution in [1.29, 1.82) is 0 Å². The summed E-state index contributed by atoms with van der Waals surface area (Å²) in [6.45, 7) is 3.71. The maximum Gasteiger partial charge on any atom is 0.201 e. The van der Waals surface area contributed by atoms with Crippen molar-refractivity contribution in [3.8, 4) is 34.5 Å². The fraction of sp³-hybridized carbons (Fsp3) is 0.235. The Balaban J connectivity index is 1.79. The molecule has 9 nitrogen and oxygen atoms in total. The predicted octanol–water partition coefficient (Wildman–Crippen LogP) is 5.37. The molecule has 0 bridgehead atoms. The minimum Gasteiger partial charge on any atom is -0.508 e. The van der Waals surface area contributed by atoms with Crippen LogP contribution in [0.25, 0.3) is 0 Å². The Labute approximate surface area is 246 Å². The molecule has 43 heavy (non-hydrogen) atoms. The van der Waals surface area contributed by atoms with Gasteiger partial charge in [0.05, 0.1) is 28.4 Å². The largest absolute Gasteiger partial charge is 0.508 e. The number of aryl methyl sites for hydroxylation is 1. The van der Waals surface area contributed by atoms with Gasteiger partial charge in [0.15, 0.2) is 0 Å². The van der Waals surface area contributed by atoms with Crippen molar-refractivity contribution >= 4 is 11.6 Å². The second-order valence-electron chi connectivity index (χ2n) is 11.2. The van der Waals surface area contributed by atoms with E-state index in [0.29, 0.717) is 29.5 Å². The summed E-state index contributed by atoms with van der Waals surface area (Å²) >= 11 is 0. The summed E-state index contributed by atoms with van der Waals surface area (Å²) in [6.07, 6.45) is 0.596. The molecular formula is C34H30O9. The van der Waals surface area contributed by atoms with Gasteiger partial charge >= 0.3 is 0 Å². The highest BCUT2D eigenvalue weighted by Crippen LogP contribution is 2.57. The standard InChI is InChI=1S/C34H30O9/c1-3-5-14-6-18-27(20-10-16(35)12-25(40)31(20)33(42)29(18)23(38)7-14)28-19-8-15(22(37)4-2)9-24(39)30(19)34(43)32-21(28)11-17(36)13-26(32)41/h6-13,22,27-28,35-41H,3-5H2,1-2H3/t22?,27-,28-/m0/s1. The Kier molecular flexibility index (Phi) is 6.58. The number of carbonyl (C=O) groups is 2. The van der Waals surface area contributed by atoms with Gasteiger partial charge in [0, 0.05) is 24.0 Å². The molecule has 0 heterocycles. The lowest BCUT2D eigenvalue weighted by atomic mass is 9.63. The highest BCUT2D eigenvalue weighted by molar-refractivity contribution is 6.18. The second-order valence-corrected chi connectivity index (χ2v) is 11.2. The number of ketones is 2. The van der Waals surface area contributed by atoms with E-state index in [4.69, 9.17) is 0 Å². The van der Waals surface area contributed by atoms with Gasteiger partial charge in [-0.2, -0.15) is 0 Å². The third kappa shape index (κ3) is 4.19. The number of hydrogen-bond acceptors (Lipinski definition) is 9. The quantitative estimate of drug-likeness (QED) is 0.163. The Morgan fingerprint density at radius 3 is 1.47 bits per heavy atom. The summed E-state index contributed by atoms with van der Waals surface area (Å²) in [5.74, 6) is -5.83. The summed E-state index contributed by atoms with van der Waals surface area (Å²) in [4.78, 5) is 27.7. The van der Waals surface area contributed by atoms with Gasteiger partial charge in [0.2, 0.25) is 11.6 Å². The zero-order valence-electron chi connectivity index (χ0n) is 23.4. The van der Waals surface area contributed by atoms with Crippen LogP contribution >= 0.6 is 0 Å². The number of phenolic OH excluding ortho intramolecular Hbond substituents is 6. The lowest BCUT2D eigenvalue weighted by Crippen LogP contribution is -2.30. The summed E-state index contributed by atoms with van der Waals surface area (Å²) in [5, 5.41) is 76.1. The van der Waals surface area contributed by atoms with Crippen molar-refractivity contribution in [2.24, 2.45) is 0 Å². The summed E-state index contributed by atoms with van der Waals surface area (Å²) in [6, 6.07) is 10.8. The third-order valence-corrected chi connectivity index (χ3v) is 8.54. The number of phenols is 6. The van der Waals surface area contributed by atoms with E-state index in [1.165, 1.54) is 24.3 Å². The van der Waals surface area contributed by atoms with Crippen LogP contribution in [0.2, 0.25) is 0 Å². The minimum absolute atomic E-state index is 0.0725. The Hall–Kier alpha value is -5.02. The topological polar surface area (TPSA) is 176 Å². The van der Waals surface area contributed by atoms with E-state index in [0.717, 1.165) is 18.6 Å². The molecule has 0 fully saturated rings. The number of rotatable bonds is 5. The van der Waals surface area contributed by atoms with E-state index in [-0.39, 0.29) is 56.2 Å². The van der Waals surface area contributed by atoms with Gasteiger partial charge in [-0.3, -0.25) is 9.59 Å². The van der Waals surface area contributed by atoms with Crippen LogP contribution in [-0.4, -0.2) is 47.3 Å². The van der Waals surface area contributed by atoms with E-state index in [1.54, 1.807) is 19.1 Å². The van der Waals surface area contributed by atoms with Crippen LogP contribution in [0.15, 0.2) is 48.5 Å². The minimum atomic E-state index is -1.02. The number of aliphatic hydroxyl groups is 1. The fourth-order valence-electron chi connectivity index (χ4n) is 6.78. The van der Waals surface area contributed by atoms with Crippen molar-refractivity contribution in [3.05, 3.63) is 104 Å². The average molecular weight is 583 g/mol. The summed E-state index contributed by atoms with van der Waals surface area (Å²) in [5.41, 5.74) is 1.42. The molecule has 0 saturated carbocycles. The Morgan fingerprint density at radius 1 is 0.581 bits per heavy atom. The molecule has 0 radical (unpaired) electrons. The van der Waals surface area contributed by atoms with Crippen LogP contribution in [0.4, 0.5) is 0 Å². The van der Waals surface area contributed by atoms with Gasteiger partial charge in [-0.05, 0) is 70.5 Å². The second kappa shape index (κ2) is 10.1. The number of benzene rings is 4. The number of carbonyl (C=O) groups excluding carboxylic acids is 2. The average Bonchev–Trinajstić information content (AvgIpc) is 2.92. The molecule has 220 valence electrons. The summed E-state index contributed by atoms with van der Waals surface area (Å²) < 4.78 is 0. The highest BCUT2D eigenvalue weighted by atomic mass is 16.3. The van der Waals surface area contributed by atoms with Crippen molar-refractivity contribution in [2.45, 2.75) is 51.0 Å². The Morgan fingerprint density at radius 2 is 1.00 bits per heavy atom. The molecule has 0 saturated heterocycles. The first kappa shape index (κ1) is 28.1. The van der Waals surface area contributed by atoms with Crippen molar-refractivity contribution in [1.82, 2.24) is 0 Å². The number of hydrogen-bond donors (Lipinski definition) is 7.